The van der Waals surface area contributed by atoms with Crippen LogP contribution in [-0.2, 0) is 4.79 Å². The molecule has 3 aliphatic rings. The van der Waals surface area contributed by atoms with Gasteiger partial charge in [-0.25, -0.2) is 0 Å². The average molecular weight is 290 g/mol. The highest BCUT2D eigenvalue weighted by molar-refractivity contribution is 6.46. The Morgan fingerprint density at radius 2 is 1.19 bits per heavy atom. The number of rotatable bonds is 2. The van der Waals surface area contributed by atoms with Gasteiger partial charge in [0, 0.05) is 39.0 Å². The zero-order chi connectivity index (χ0) is 14.5. The van der Waals surface area contributed by atoms with Crippen molar-refractivity contribution < 1.29 is 4.79 Å². The number of hydrazone groups is 2. The van der Waals surface area contributed by atoms with Gasteiger partial charge in [-0.3, -0.25) is 14.8 Å². The van der Waals surface area contributed by atoms with Crippen molar-refractivity contribution in [3.8, 4) is 0 Å². The van der Waals surface area contributed by atoms with Crippen LogP contribution in [0.2, 0.25) is 0 Å². The minimum atomic E-state index is 0.309. The summed E-state index contributed by atoms with van der Waals surface area (Å²) in [6.45, 7) is 4.15. The van der Waals surface area contributed by atoms with E-state index in [2.05, 4.69) is 10.0 Å². The summed E-state index contributed by atoms with van der Waals surface area (Å²) in [4.78, 5) is 11.8. The van der Waals surface area contributed by atoms with E-state index < -0.39 is 0 Å². The lowest BCUT2D eigenvalue weighted by molar-refractivity contribution is -0.117. The number of nitrogens with zero attached hydrogens (tertiary/aromatic N) is 4. The van der Waals surface area contributed by atoms with Crippen LogP contribution < -0.4 is 0 Å². The maximum absolute atomic E-state index is 11.8. The fourth-order valence-electron chi connectivity index (χ4n) is 3.28. The number of hydrogen-bond acceptors (Lipinski definition) is 5. The molecule has 2 saturated heterocycles. The summed E-state index contributed by atoms with van der Waals surface area (Å²) in [5.41, 5.74) is 1.99. The van der Waals surface area contributed by atoms with E-state index in [4.69, 9.17) is 10.2 Å². The van der Waals surface area contributed by atoms with Gasteiger partial charge in [-0.15, -0.1) is 0 Å². The summed E-state index contributed by atoms with van der Waals surface area (Å²) in [7, 11) is 0. The third-order valence-corrected chi connectivity index (χ3v) is 4.53. The Morgan fingerprint density at radius 3 is 1.76 bits per heavy atom. The molecule has 0 amide bonds. The normalized spacial score (nSPS) is 28.5. The molecule has 3 fully saturated rings. The number of Topliss-reactive ketones (excluding diaryl/α,β-unsaturated/α-hetero) is 1. The van der Waals surface area contributed by atoms with Gasteiger partial charge in [0.05, 0.1) is 17.8 Å². The quantitative estimate of drug-likeness (QED) is 0.784. The molecule has 2 heterocycles. The number of carbonyl (C=O) groups is 1. The SMILES string of the molecule is O=C1CCC(=NN2CCCCC2)C(=NN2CCCCC2)C1. The average Bonchev–Trinajstić information content (AvgIpc) is 2.52. The zero-order valence-electron chi connectivity index (χ0n) is 12.9. The van der Waals surface area contributed by atoms with Crippen molar-refractivity contribution in [1.29, 1.82) is 0 Å². The van der Waals surface area contributed by atoms with Crippen LogP contribution in [0, 0.1) is 0 Å². The van der Waals surface area contributed by atoms with Gasteiger partial charge in [0.25, 0.3) is 0 Å². The second-order valence-electron chi connectivity index (χ2n) is 6.34. The Bertz CT molecular complexity index is 432. The molecular weight excluding hydrogens is 264 g/mol. The maximum atomic E-state index is 11.8. The zero-order valence-corrected chi connectivity index (χ0v) is 12.9. The molecule has 0 bridgehead atoms. The highest BCUT2D eigenvalue weighted by atomic mass is 16.1. The highest BCUT2D eigenvalue weighted by Gasteiger charge is 2.24. The molecule has 116 valence electrons. The second-order valence-corrected chi connectivity index (χ2v) is 6.34. The summed E-state index contributed by atoms with van der Waals surface area (Å²) < 4.78 is 0. The van der Waals surface area contributed by atoms with Gasteiger partial charge in [-0.2, -0.15) is 10.2 Å². The largest absolute Gasteiger partial charge is 0.299 e. The molecule has 5 nitrogen and oxygen atoms in total. The summed E-state index contributed by atoms with van der Waals surface area (Å²) in [6.07, 6.45) is 9.37. The number of carbonyl (C=O) groups excluding carboxylic acids is 1. The fraction of sp³-hybridized carbons (Fsp3) is 0.812. The molecule has 5 heteroatoms. The van der Waals surface area contributed by atoms with Crippen LogP contribution in [0.1, 0.15) is 57.8 Å². The van der Waals surface area contributed by atoms with E-state index in [1.54, 1.807) is 0 Å². The van der Waals surface area contributed by atoms with Crippen LogP contribution in [0.5, 0.6) is 0 Å². The first-order chi connectivity index (χ1) is 10.3. The molecule has 0 atom stereocenters. The summed E-state index contributed by atoms with van der Waals surface area (Å²) in [5, 5.41) is 13.9. The van der Waals surface area contributed by atoms with Gasteiger partial charge in [0.15, 0.2) is 0 Å². The van der Waals surface area contributed by atoms with E-state index in [0.29, 0.717) is 18.6 Å². The second kappa shape index (κ2) is 7.05. The number of ketones is 1. The first kappa shape index (κ1) is 14.5. The Morgan fingerprint density at radius 1 is 0.667 bits per heavy atom. The third kappa shape index (κ3) is 4.05. The van der Waals surface area contributed by atoms with Crippen LogP contribution in [-0.4, -0.2) is 53.4 Å². The van der Waals surface area contributed by atoms with Crippen molar-refractivity contribution in [3.05, 3.63) is 0 Å². The minimum Gasteiger partial charge on any atom is -0.299 e. The first-order valence-corrected chi connectivity index (χ1v) is 8.48. The summed E-state index contributed by atoms with van der Waals surface area (Å²) in [6, 6.07) is 0. The molecule has 3 rings (SSSR count). The predicted octanol–water partition coefficient (Wildman–Crippen LogP) is 2.42. The van der Waals surface area contributed by atoms with Crippen molar-refractivity contribution >= 4 is 17.2 Å². The molecule has 0 aromatic rings. The van der Waals surface area contributed by atoms with Crippen molar-refractivity contribution in [2.75, 3.05) is 26.2 Å². The summed E-state index contributed by atoms with van der Waals surface area (Å²) in [5.74, 6) is 0.309. The van der Waals surface area contributed by atoms with Gasteiger partial charge < -0.3 is 0 Å². The highest BCUT2D eigenvalue weighted by Crippen LogP contribution is 2.17. The van der Waals surface area contributed by atoms with Crippen molar-refractivity contribution in [2.24, 2.45) is 10.2 Å². The predicted molar refractivity (Wildman–Crippen MR) is 84.6 cm³/mol. The van der Waals surface area contributed by atoms with E-state index in [-0.39, 0.29) is 0 Å². The summed E-state index contributed by atoms with van der Waals surface area (Å²) >= 11 is 0. The lowest BCUT2D eigenvalue weighted by Gasteiger charge is -2.28. The Labute approximate surface area is 127 Å². The van der Waals surface area contributed by atoms with Crippen LogP contribution >= 0.6 is 0 Å². The first-order valence-electron chi connectivity index (χ1n) is 8.48. The van der Waals surface area contributed by atoms with Crippen molar-refractivity contribution in [1.82, 2.24) is 10.0 Å². The Kier molecular flexibility index (Phi) is 4.88. The van der Waals surface area contributed by atoms with E-state index in [0.717, 1.165) is 44.0 Å². The molecule has 0 unspecified atom stereocenters. The van der Waals surface area contributed by atoms with Gasteiger partial charge in [0.2, 0.25) is 0 Å². The van der Waals surface area contributed by atoms with Gasteiger partial charge in [0.1, 0.15) is 5.78 Å². The molecule has 0 aromatic carbocycles. The Balaban J connectivity index is 1.73. The number of hydrogen-bond donors (Lipinski definition) is 0. The van der Waals surface area contributed by atoms with E-state index >= 15 is 0 Å². The molecule has 0 spiro atoms. The topological polar surface area (TPSA) is 48.3 Å². The van der Waals surface area contributed by atoms with Crippen LogP contribution in [0.15, 0.2) is 10.2 Å². The molecule has 1 saturated carbocycles. The van der Waals surface area contributed by atoms with Crippen molar-refractivity contribution in [2.45, 2.75) is 57.8 Å². The van der Waals surface area contributed by atoms with Crippen LogP contribution in [0.4, 0.5) is 0 Å². The molecule has 0 aromatic heterocycles. The third-order valence-electron chi connectivity index (χ3n) is 4.53. The lowest BCUT2D eigenvalue weighted by atomic mass is 9.95. The Hall–Kier alpha value is -1.39. The number of piperidine rings is 2. The lowest BCUT2D eigenvalue weighted by Crippen LogP contribution is -2.34. The molecule has 2 aliphatic heterocycles. The fourth-order valence-corrected chi connectivity index (χ4v) is 3.28. The molecular formula is C16H26N4O. The van der Waals surface area contributed by atoms with Gasteiger partial charge in [-0.1, -0.05) is 0 Å². The standard InChI is InChI=1S/C16H26N4O/c21-14-7-8-15(17-19-9-3-1-4-10-19)16(13-14)18-20-11-5-2-6-12-20/h1-13H2. The molecule has 21 heavy (non-hydrogen) atoms. The van der Waals surface area contributed by atoms with E-state index in [9.17, 15) is 4.79 Å². The van der Waals surface area contributed by atoms with Gasteiger partial charge >= 0.3 is 0 Å². The van der Waals surface area contributed by atoms with Gasteiger partial charge in [-0.05, 0) is 38.5 Å². The van der Waals surface area contributed by atoms with E-state index in [1.165, 1.54) is 38.5 Å². The molecule has 1 aliphatic carbocycles. The smallest absolute Gasteiger partial charge is 0.139 e. The minimum absolute atomic E-state index is 0.309. The molecule has 0 radical (unpaired) electrons. The van der Waals surface area contributed by atoms with E-state index in [1.807, 2.05) is 0 Å². The van der Waals surface area contributed by atoms with Crippen LogP contribution in [0.25, 0.3) is 0 Å². The monoisotopic (exact) mass is 290 g/mol. The van der Waals surface area contributed by atoms with Crippen molar-refractivity contribution in [3.63, 3.8) is 0 Å². The molecule has 0 N–H and O–H groups in total. The van der Waals surface area contributed by atoms with Crippen LogP contribution in [0.3, 0.4) is 0 Å². The maximum Gasteiger partial charge on any atom is 0.139 e.